The molecule has 280 valence electrons. The predicted octanol–water partition coefficient (Wildman–Crippen LogP) is 16.7. The van der Waals surface area contributed by atoms with Crippen molar-refractivity contribution in [2.45, 2.75) is 0 Å². The van der Waals surface area contributed by atoms with Gasteiger partial charge in [0.05, 0.1) is 0 Å². The second-order valence-electron chi connectivity index (χ2n) is 15.6. The van der Waals surface area contributed by atoms with E-state index in [1.165, 1.54) is 60.0 Å². The molecule has 0 aliphatic carbocycles. The number of nitrogens with zero attached hydrogens (tertiary/aromatic N) is 1. The summed E-state index contributed by atoms with van der Waals surface area (Å²) in [6.45, 7) is 0. The van der Waals surface area contributed by atoms with E-state index in [-0.39, 0.29) is 0 Å². The molecule has 1 aromatic heterocycles. The highest BCUT2D eigenvalue weighted by molar-refractivity contribution is 6.19. The molecule has 0 aliphatic rings. The highest BCUT2D eigenvalue weighted by atomic mass is 16.3. The predicted molar refractivity (Wildman–Crippen MR) is 255 cm³/mol. The number of furan rings is 1. The summed E-state index contributed by atoms with van der Waals surface area (Å²) >= 11 is 0. The lowest BCUT2D eigenvalue weighted by atomic mass is 9.94. The molecule has 0 saturated heterocycles. The van der Waals surface area contributed by atoms with E-state index in [9.17, 15) is 0 Å². The third-order valence-corrected chi connectivity index (χ3v) is 12.3. The summed E-state index contributed by atoms with van der Waals surface area (Å²) in [4.78, 5) is 2.37. The smallest absolute Gasteiger partial charge is 0.143 e. The first kappa shape index (κ1) is 34.1. The van der Waals surface area contributed by atoms with Gasteiger partial charge in [-0.05, 0) is 120 Å². The first-order valence-corrected chi connectivity index (χ1v) is 20.6. The van der Waals surface area contributed by atoms with Gasteiger partial charge in [0, 0.05) is 33.2 Å². The van der Waals surface area contributed by atoms with Crippen LogP contribution in [-0.4, -0.2) is 0 Å². The van der Waals surface area contributed by atoms with Crippen LogP contribution in [0, 0.1) is 0 Å². The normalized spacial score (nSPS) is 11.7. The van der Waals surface area contributed by atoms with Crippen molar-refractivity contribution in [1.82, 2.24) is 0 Å². The Kier molecular flexibility index (Phi) is 7.89. The topological polar surface area (TPSA) is 16.4 Å². The standard InChI is InChI=1S/C58H37NO/c1-4-17-47-38(11-1)14-8-20-50(47)43-15-7-16-46(37-43)59(44-31-25-41(26-32-44)49-21-9-23-53-48-18-5-2-12-39(48)29-35-54(49)53)45-33-27-42(28-34-45)51-22-10-24-56-57(51)55-36-30-40-13-3-6-19-52(40)58(55)60-56/h1-37H. The fraction of sp³-hybridized carbons (Fsp3) is 0. The summed E-state index contributed by atoms with van der Waals surface area (Å²) in [7, 11) is 0. The summed E-state index contributed by atoms with van der Waals surface area (Å²) in [5.74, 6) is 0. The van der Waals surface area contributed by atoms with Crippen molar-refractivity contribution in [3.05, 3.63) is 224 Å². The van der Waals surface area contributed by atoms with Gasteiger partial charge in [-0.3, -0.25) is 0 Å². The fourth-order valence-electron chi connectivity index (χ4n) is 9.40. The van der Waals surface area contributed by atoms with Gasteiger partial charge >= 0.3 is 0 Å². The van der Waals surface area contributed by atoms with Crippen LogP contribution in [0.25, 0.3) is 98.4 Å². The lowest BCUT2D eigenvalue weighted by Gasteiger charge is -2.26. The molecule has 2 heteroatoms. The van der Waals surface area contributed by atoms with Gasteiger partial charge in [0.15, 0.2) is 0 Å². The van der Waals surface area contributed by atoms with E-state index >= 15 is 0 Å². The Hall–Kier alpha value is -7.94. The Balaban J connectivity index is 0.984. The van der Waals surface area contributed by atoms with Crippen molar-refractivity contribution in [3.63, 3.8) is 0 Å². The van der Waals surface area contributed by atoms with Crippen molar-refractivity contribution in [2.75, 3.05) is 4.90 Å². The molecule has 0 radical (unpaired) electrons. The van der Waals surface area contributed by atoms with Crippen LogP contribution in [0.4, 0.5) is 17.1 Å². The Morgan fingerprint density at radius 2 is 0.800 bits per heavy atom. The van der Waals surface area contributed by atoms with Gasteiger partial charge in [-0.25, -0.2) is 0 Å². The van der Waals surface area contributed by atoms with Crippen LogP contribution in [-0.2, 0) is 0 Å². The molecule has 0 amide bonds. The molecule has 12 aromatic rings. The Labute approximate surface area is 347 Å². The molecular formula is C58H37NO. The van der Waals surface area contributed by atoms with Gasteiger partial charge < -0.3 is 9.32 Å². The van der Waals surface area contributed by atoms with Crippen molar-refractivity contribution in [1.29, 1.82) is 0 Å². The Morgan fingerprint density at radius 3 is 1.55 bits per heavy atom. The molecule has 0 bridgehead atoms. The maximum Gasteiger partial charge on any atom is 0.143 e. The molecule has 60 heavy (non-hydrogen) atoms. The summed E-state index contributed by atoms with van der Waals surface area (Å²) in [6, 6.07) is 81.2. The molecule has 0 atom stereocenters. The van der Waals surface area contributed by atoms with Crippen molar-refractivity contribution >= 4 is 82.1 Å². The van der Waals surface area contributed by atoms with Crippen molar-refractivity contribution in [2.24, 2.45) is 0 Å². The maximum atomic E-state index is 6.56. The van der Waals surface area contributed by atoms with E-state index in [0.717, 1.165) is 55.5 Å². The van der Waals surface area contributed by atoms with Crippen LogP contribution >= 0.6 is 0 Å². The van der Waals surface area contributed by atoms with Crippen LogP contribution in [0.5, 0.6) is 0 Å². The number of hydrogen-bond acceptors (Lipinski definition) is 2. The third kappa shape index (κ3) is 5.57. The molecule has 2 nitrogen and oxygen atoms in total. The summed E-state index contributed by atoms with van der Waals surface area (Å²) in [6.07, 6.45) is 0. The zero-order valence-corrected chi connectivity index (χ0v) is 32.7. The van der Waals surface area contributed by atoms with Gasteiger partial charge in [0.25, 0.3) is 0 Å². The quantitative estimate of drug-likeness (QED) is 0.157. The van der Waals surface area contributed by atoms with Crippen LogP contribution in [0.1, 0.15) is 0 Å². The number of fused-ring (bicyclic) bond motifs is 9. The van der Waals surface area contributed by atoms with E-state index in [2.05, 4.69) is 229 Å². The Bertz CT molecular complexity index is 3590. The number of benzene rings is 11. The molecule has 0 N–H and O–H groups in total. The van der Waals surface area contributed by atoms with Crippen molar-refractivity contribution < 1.29 is 4.42 Å². The summed E-state index contributed by atoms with van der Waals surface area (Å²) in [5, 5.41) is 12.1. The van der Waals surface area contributed by atoms with Crippen LogP contribution in [0.3, 0.4) is 0 Å². The van der Waals surface area contributed by atoms with E-state index in [1.54, 1.807) is 0 Å². The lowest BCUT2D eigenvalue weighted by molar-refractivity contribution is 0.673. The van der Waals surface area contributed by atoms with E-state index in [0.29, 0.717) is 0 Å². The van der Waals surface area contributed by atoms with Gasteiger partial charge in [0.2, 0.25) is 0 Å². The molecule has 0 fully saturated rings. The maximum absolute atomic E-state index is 6.56. The number of anilines is 3. The second kappa shape index (κ2) is 13.9. The molecule has 0 saturated carbocycles. The van der Waals surface area contributed by atoms with E-state index in [4.69, 9.17) is 4.42 Å². The minimum atomic E-state index is 0.897. The summed E-state index contributed by atoms with van der Waals surface area (Å²) < 4.78 is 6.56. The van der Waals surface area contributed by atoms with E-state index in [1.807, 2.05) is 0 Å². The lowest BCUT2D eigenvalue weighted by Crippen LogP contribution is -2.10. The highest BCUT2D eigenvalue weighted by Gasteiger charge is 2.18. The Morgan fingerprint density at radius 1 is 0.283 bits per heavy atom. The number of rotatable bonds is 6. The zero-order chi connectivity index (χ0) is 39.6. The zero-order valence-electron chi connectivity index (χ0n) is 32.7. The first-order valence-electron chi connectivity index (χ1n) is 20.6. The molecule has 0 aliphatic heterocycles. The van der Waals surface area contributed by atoms with E-state index < -0.39 is 0 Å². The molecule has 12 rings (SSSR count). The second-order valence-corrected chi connectivity index (χ2v) is 15.6. The minimum absolute atomic E-state index is 0.897. The molecular weight excluding hydrogens is 727 g/mol. The number of hydrogen-bond donors (Lipinski definition) is 0. The molecule has 0 spiro atoms. The van der Waals surface area contributed by atoms with Gasteiger partial charge in [-0.1, -0.05) is 176 Å². The highest BCUT2D eigenvalue weighted by Crippen LogP contribution is 2.43. The monoisotopic (exact) mass is 763 g/mol. The summed E-state index contributed by atoms with van der Waals surface area (Å²) in [5.41, 5.74) is 12.2. The molecule has 0 unspecified atom stereocenters. The first-order chi connectivity index (χ1) is 29.7. The van der Waals surface area contributed by atoms with Crippen LogP contribution in [0.2, 0.25) is 0 Å². The average Bonchev–Trinajstić information content (AvgIpc) is 3.72. The minimum Gasteiger partial charge on any atom is -0.455 e. The third-order valence-electron chi connectivity index (χ3n) is 12.3. The van der Waals surface area contributed by atoms with Gasteiger partial charge in [0.1, 0.15) is 11.2 Å². The average molecular weight is 764 g/mol. The van der Waals surface area contributed by atoms with Crippen molar-refractivity contribution in [3.8, 4) is 33.4 Å². The fourth-order valence-corrected chi connectivity index (χ4v) is 9.40. The molecule has 11 aromatic carbocycles. The molecule has 1 heterocycles. The van der Waals surface area contributed by atoms with Crippen LogP contribution in [0.15, 0.2) is 229 Å². The van der Waals surface area contributed by atoms with Crippen LogP contribution < -0.4 is 4.90 Å². The largest absolute Gasteiger partial charge is 0.455 e. The van der Waals surface area contributed by atoms with Gasteiger partial charge in [-0.15, -0.1) is 0 Å². The SMILES string of the molecule is c1cc(-c2cccc3ccccc23)cc(N(c2ccc(-c3cccc4c3ccc3ccccc34)cc2)c2ccc(-c3cccc4oc5c6ccccc6ccc5c34)cc2)c1. The van der Waals surface area contributed by atoms with Gasteiger partial charge in [-0.2, -0.15) is 0 Å².